The lowest BCUT2D eigenvalue weighted by molar-refractivity contribution is 0.391. The highest BCUT2D eigenvalue weighted by molar-refractivity contribution is 6.33. The number of nitrogens with one attached hydrogen (secondary N) is 1. The fourth-order valence-corrected chi connectivity index (χ4v) is 4.06. The smallest absolute Gasteiger partial charge is 0.141 e. The number of methoxy groups -OCH3 is 1. The van der Waals surface area contributed by atoms with Crippen LogP contribution >= 0.6 is 11.6 Å². The van der Waals surface area contributed by atoms with E-state index in [0.29, 0.717) is 5.92 Å². The summed E-state index contributed by atoms with van der Waals surface area (Å²) in [6.45, 7) is 2.18. The molecule has 1 aromatic carbocycles. The molecule has 0 saturated carbocycles. The molecule has 1 saturated heterocycles. The van der Waals surface area contributed by atoms with Crippen LogP contribution in [-0.2, 0) is 12.8 Å². The molecule has 1 N–H and O–H groups in total. The maximum Gasteiger partial charge on any atom is 0.141 e. The van der Waals surface area contributed by atoms with Crippen LogP contribution in [0.15, 0.2) is 6.07 Å². The van der Waals surface area contributed by atoms with E-state index in [1.54, 1.807) is 7.11 Å². The third-order valence-electron chi connectivity index (χ3n) is 4.76. The van der Waals surface area contributed by atoms with E-state index in [-0.39, 0.29) is 0 Å². The van der Waals surface area contributed by atoms with Crippen molar-refractivity contribution in [2.45, 2.75) is 50.9 Å². The highest BCUT2D eigenvalue weighted by Gasteiger charge is 2.24. The number of benzene rings is 1. The van der Waals surface area contributed by atoms with Crippen molar-refractivity contribution >= 4 is 11.6 Å². The molecule has 1 aliphatic heterocycles. The van der Waals surface area contributed by atoms with Crippen LogP contribution in [0, 0.1) is 0 Å². The van der Waals surface area contributed by atoms with E-state index in [1.807, 2.05) is 0 Å². The minimum atomic E-state index is 0.546. The van der Waals surface area contributed by atoms with Crippen LogP contribution in [-0.4, -0.2) is 20.2 Å². The van der Waals surface area contributed by atoms with Crippen molar-refractivity contribution in [3.63, 3.8) is 0 Å². The summed E-state index contributed by atoms with van der Waals surface area (Å²) in [4.78, 5) is 0. The van der Waals surface area contributed by atoms with Gasteiger partial charge in [0.1, 0.15) is 5.75 Å². The SMILES string of the molecule is COc1c(C2CCCNC2)cc2c(c1Cl)CCCCC2. The summed E-state index contributed by atoms with van der Waals surface area (Å²) in [5.74, 6) is 1.48. The number of halogens is 1. The number of hydrogen-bond acceptors (Lipinski definition) is 2. The van der Waals surface area contributed by atoms with Gasteiger partial charge in [-0.3, -0.25) is 0 Å². The zero-order chi connectivity index (χ0) is 13.9. The fraction of sp³-hybridized carbons (Fsp3) is 0.647. The Labute approximate surface area is 126 Å². The third kappa shape index (κ3) is 2.68. The maximum atomic E-state index is 6.68. The predicted octanol–water partition coefficient (Wildman–Crippen LogP) is 4.08. The summed E-state index contributed by atoms with van der Waals surface area (Å²) < 4.78 is 5.68. The van der Waals surface area contributed by atoms with Crippen LogP contribution in [0.2, 0.25) is 5.02 Å². The molecule has 1 aliphatic carbocycles. The summed E-state index contributed by atoms with van der Waals surface area (Å²) in [7, 11) is 1.75. The van der Waals surface area contributed by atoms with Gasteiger partial charge in [-0.1, -0.05) is 24.1 Å². The molecule has 3 rings (SSSR count). The zero-order valence-corrected chi connectivity index (χ0v) is 13.1. The molecule has 0 spiro atoms. The standard InChI is InChI=1S/C17H24ClNO/c1-20-17-15(13-7-5-9-19-11-13)10-12-6-3-2-4-8-14(12)16(17)18/h10,13,19H,2-9,11H2,1H3. The van der Waals surface area contributed by atoms with E-state index in [9.17, 15) is 0 Å². The number of fused-ring (bicyclic) bond motifs is 1. The van der Waals surface area contributed by atoms with Crippen LogP contribution in [0.4, 0.5) is 0 Å². The van der Waals surface area contributed by atoms with Gasteiger partial charge in [0.2, 0.25) is 0 Å². The van der Waals surface area contributed by atoms with Gasteiger partial charge in [-0.25, -0.2) is 0 Å². The monoisotopic (exact) mass is 293 g/mol. The number of aryl methyl sites for hydroxylation is 1. The summed E-state index contributed by atoms with van der Waals surface area (Å²) in [6.07, 6.45) is 8.60. The Hall–Kier alpha value is -0.730. The van der Waals surface area contributed by atoms with Crippen LogP contribution in [0.1, 0.15) is 54.7 Å². The molecule has 20 heavy (non-hydrogen) atoms. The van der Waals surface area contributed by atoms with Crippen molar-refractivity contribution in [1.29, 1.82) is 0 Å². The second-order valence-electron chi connectivity index (χ2n) is 6.05. The Balaban J connectivity index is 2.04. The second-order valence-corrected chi connectivity index (χ2v) is 6.43. The molecule has 2 nitrogen and oxygen atoms in total. The molecule has 0 radical (unpaired) electrons. The lowest BCUT2D eigenvalue weighted by Crippen LogP contribution is -2.28. The first-order valence-electron chi connectivity index (χ1n) is 7.90. The molecule has 110 valence electrons. The Morgan fingerprint density at radius 2 is 2.05 bits per heavy atom. The molecule has 1 aromatic rings. The van der Waals surface area contributed by atoms with Gasteiger partial charge < -0.3 is 10.1 Å². The van der Waals surface area contributed by atoms with Gasteiger partial charge in [0, 0.05) is 18.0 Å². The first-order valence-corrected chi connectivity index (χ1v) is 8.28. The highest BCUT2D eigenvalue weighted by Crippen LogP contribution is 2.42. The normalized spacial score (nSPS) is 23.0. The minimum absolute atomic E-state index is 0.546. The molecule has 0 bridgehead atoms. The lowest BCUT2D eigenvalue weighted by atomic mass is 9.87. The molecule has 1 heterocycles. The first kappa shape index (κ1) is 14.2. The van der Waals surface area contributed by atoms with E-state index < -0.39 is 0 Å². The topological polar surface area (TPSA) is 21.3 Å². The van der Waals surface area contributed by atoms with Crippen molar-refractivity contribution < 1.29 is 4.74 Å². The average Bonchev–Trinajstić information content (AvgIpc) is 2.73. The van der Waals surface area contributed by atoms with Gasteiger partial charge in [0.25, 0.3) is 0 Å². The Morgan fingerprint density at radius 1 is 1.20 bits per heavy atom. The number of rotatable bonds is 2. The van der Waals surface area contributed by atoms with Gasteiger partial charge >= 0.3 is 0 Å². The van der Waals surface area contributed by atoms with E-state index in [2.05, 4.69) is 11.4 Å². The molecule has 1 atom stereocenters. The number of piperidine rings is 1. The molecule has 2 aliphatic rings. The summed E-state index contributed by atoms with van der Waals surface area (Å²) in [6, 6.07) is 2.39. The van der Waals surface area contributed by atoms with Crippen LogP contribution in [0.25, 0.3) is 0 Å². The van der Waals surface area contributed by atoms with Crippen molar-refractivity contribution in [2.75, 3.05) is 20.2 Å². The maximum absolute atomic E-state index is 6.68. The summed E-state index contributed by atoms with van der Waals surface area (Å²) in [5.41, 5.74) is 4.13. The van der Waals surface area contributed by atoms with Crippen molar-refractivity contribution in [2.24, 2.45) is 0 Å². The van der Waals surface area contributed by atoms with E-state index in [1.165, 1.54) is 55.2 Å². The van der Waals surface area contributed by atoms with Gasteiger partial charge in [-0.15, -0.1) is 0 Å². The van der Waals surface area contributed by atoms with E-state index in [0.717, 1.165) is 30.3 Å². The Kier molecular flexibility index (Phi) is 4.52. The largest absolute Gasteiger partial charge is 0.495 e. The molecule has 1 unspecified atom stereocenters. The van der Waals surface area contributed by atoms with Gasteiger partial charge in [-0.05, 0) is 56.2 Å². The second kappa shape index (κ2) is 6.36. The zero-order valence-electron chi connectivity index (χ0n) is 12.3. The number of ether oxygens (including phenoxy) is 1. The van der Waals surface area contributed by atoms with Crippen molar-refractivity contribution in [3.8, 4) is 5.75 Å². The lowest BCUT2D eigenvalue weighted by Gasteiger charge is -2.27. The van der Waals surface area contributed by atoms with Gasteiger partial charge in [0.05, 0.1) is 12.1 Å². The molecule has 0 amide bonds. The predicted molar refractivity (Wildman–Crippen MR) is 84.1 cm³/mol. The molecule has 0 aromatic heterocycles. The minimum Gasteiger partial charge on any atom is -0.495 e. The first-order chi connectivity index (χ1) is 9.81. The van der Waals surface area contributed by atoms with Crippen molar-refractivity contribution in [3.05, 3.63) is 27.8 Å². The van der Waals surface area contributed by atoms with Gasteiger partial charge in [-0.2, -0.15) is 0 Å². The summed E-state index contributed by atoms with van der Waals surface area (Å²) in [5, 5.41) is 4.38. The molecular weight excluding hydrogens is 270 g/mol. The molecular formula is C17H24ClNO. The van der Waals surface area contributed by atoms with Crippen LogP contribution in [0.3, 0.4) is 0 Å². The highest BCUT2D eigenvalue weighted by atomic mass is 35.5. The van der Waals surface area contributed by atoms with Crippen LogP contribution in [0.5, 0.6) is 5.75 Å². The Bertz CT molecular complexity index is 480. The van der Waals surface area contributed by atoms with E-state index in [4.69, 9.17) is 16.3 Å². The average molecular weight is 294 g/mol. The van der Waals surface area contributed by atoms with Crippen molar-refractivity contribution in [1.82, 2.24) is 5.32 Å². The number of hydrogen-bond donors (Lipinski definition) is 1. The summed E-state index contributed by atoms with van der Waals surface area (Å²) >= 11 is 6.68. The molecule has 3 heteroatoms. The quantitative estimate of drug-likeness (QED) is 0.830. The Morgan fingerprint density at radius 3 is 2.80 bits per heavy atom. The van der Waals surface area contributed by atoms with Gasteiger partial charge in [0.15, 0.2) is 0 Å². The third-order valence-corrected chi connectivity index (χ3v) is 5.16. The van der Waals surface area contributed by atoms with Crippen LogP contribution < -0.4 is 10.1 Å². The molecule has 1 fully saturated rings. The van der Waals surface area contributed by atoms with E-state index >= 15 is 0 Å². The fourth-order valence-electron chi connectivity index (χ4n) is 3.66.